The zero-order valence-electron chi connectivity index (χ0n) is 30.9. The van der Waals surface area contributed by atoms with Gasteiger partial charge in [0, 0.05) is 36.8 Å². The standard InChI is InChI=1S/C41H51FN4O5/c1-10-13-33(43)50-32-22-26(3)21-30(42)36(32)29-15-12-14-28(24-29)31-25-46-34(44-31)23-27(4)35(37(39(47)48-9)51-40(5,6)7)38(46)45-18-16-41(8,17-19-45)49-20-11-2/h10-12,14-15,21-25,33,37H,1-2,13,16-20,43H2,3-9H3/t33-,37+/m1/s1. The SMILES string of the molecule is C=CCOC1(C)CCN(c2c([C@H](OC(C)(C)C)C(=O)OC)c(C)cc3nc(-c4cccc(-c5c(F)cc(C)cc5O[C@@H](N)CC=C)c4)cn23)CC1. The number of pyridine rings is 1. The molecule has 0 bridgehead atoms. The lowest BCUT2D eigenvalue weighted by molar-refractivity contribution is -0.164. The van der Waals surface area contributed by atoms with Gasteiger partial charge in [-0.1, -0.05) is 30.4 Å². The molecule has 2 N–H and O–H groups in total. The van der Waals surface area contributed by atoms with Crippen molar-refractivity contribution >= 4 is 17.4 Å². The van der Waals surface area contributed by atoms with E-state index in [1.165, 1.54) is 13.2 Å². The van der Waals surface area contributed by atoms with E-state index in [0.717, 1.165) is 40.9 Å². The highest BCUT2D eigenvalue weighted by Gasteiger charge is 2.37. The fourth-order valence-electron chi connectivity index (χ4n) is 6.60. The van der Waals surface area contributed by atoms with Crippen LogP contribution in [0.4, 0.5) is 10.2 Å². The van der Waals surface area contributed by atoms with E-state index in [4.69, 9.17) is 29.7 Å². The first-order valence-electron chi connectivity index (χ1n) is 17.4. The number of carbonyl (C=O) groups is 1. The predicted molar refractivity (Wildman–Crippen MR) is 201 cm³/mol. The molecule has 2 atom stereocenters. The average Bonchev–Trinajstić information content (AvgIpc) is 3.49. The van der Waals surface area contributed by atoms with E-state index < -0.39 is 29.7 Å². The number of ether oxygens (including phenoxy) is 4. The zero-order valence-corrected chi connectivity index (χ0v) is 30.9. The molecule has 9 nitrogen and oxygen atoms in total. The molecule has 1 aliphatic heterocycles. The number of esters is 1. The topological polar surface area (TPSA) is 101 Å². The summed E-state index contributed by atoms with van der Waals surface area (Å²) in [5.41, 5.74) is 10.6. The van der Waals surface area contributed by atoms with Gasteiger partial charge in [0.1, 0.15) is 23.0 Å². The fraction of sp³-hybridized carbons (Fsp3) is 0.415. The number of piperidine rings is 1. The number of hydrogen-bond donors (Lipinski definition) is 1. The minimum Gasteiger partial charge on any atom is -0.474 e. The maximum absolute atomic E-state index is 15.7. The van der Waals surface area contributed by atoms with E-state index in [9.17, 15) is 4.79 Å². The first kappa shape index (κ1) is 37.7. The van der Waals surface area contributed by atoms with Crippen LogP contribution in [0.15, 0.2) is 74.0 Å². The summed E-state index contributed by atoms with van der Waals surface area (Å²) >= 11 is 0. The molecule has 10 heteroatoms. The molecule has 0 unspecified atom stereocenters. The Balaban J connectivity index is 1.66. The predicted octanol–water partition coefficient (Wildman–Crippen LogP) is 8.25. The lowest BCUT2D eigenvalue weighted by atomic mass is 9.92. The summed E-state index contributed by atoms with van der Waals surface area (Å²) in [6.07, 6.45) is 5.70. The van der Waals surface area contributed by atoms with Crippen molar-refractivity contribution < 1.29 is 28.1 Å². The second-order valence-electron chi connectivity index (χ2n) is 14.5. The van der Waals surface area contributed by atoms with Crippen LogP contribution in [0.3, 0.4) is 0 Å². The molecule has 0 saturated carbocycles. The molecule has 0 aliphatic carbocycles. The van der Waals surface area contributed by atoms with E-state index in [0.29, 0.717) is 54.3 Å². The third-order valence-corrected chi connectivity index (χ3v) is 9.11. The molecule has 0 amide bonds. The maximum atomic E-state index is 15.7. The van der Waals surface area contributed by atoms with Crippen molar-refractivity contribution in [1.29, 1.82) is 0 Å². The number of anilines is 1. The second kappa shape index (κ2) is 15.4. The molecule has 1 fully saturated rings. The Bertz CT molecular complexity index is 1900. The third kappa shape index (κ3) is 8.52. The summed E-state index contributed by atoms with van der Waals surface area (Å²) in [5.74, 6) is 0.274. The number of nitrogens with two attached hydrogens (primary N) is 1. The van der Waals surface area contributed by atoms with Gasteiger partial charge in [-0.15, -0.1) is 13.2 Å². The highest BCUT2D eigenvalue weighted by Crippen LogP contribution is 2.41. The number of halogens is 1. The van der Waals surface area contributed by atoms with E-state index in [2.05, 4.69) is 25.0 Å². The van der Waals surface area contributed by atoms with E-state index >= 15 is 4.39 Å². The number of benzene rings is 2. The maximum Gasteiger partial charge on any atom is 0.339 e. The van der Waals surface area contributed by atoms with Gasteiger partial charge in [-0.2, -0.15) is 0 Å². The van der Waals surface area contributed by atoms with Crippen molar-refractivity contribution in [3.63, 3.8) is 0 Å². The van der Waals surface area contributed by atoms with Gasteiger partial charge in [0.2, 0.25) is 0 Å². The normalized spacial score (nSPS) is 15.7. The van der Waals surface area contributed by atoms with Crippen molar-refractivity contribution in [2.45, 2.75) is 84.3 Å². The number of aryl methyl sites for hydroxylation is 2. The quantitative estimate of drug-likeness (QED) is 0.0847. The Morgan fingerprint density at radius 3 is 2.45 bits per heavy atom. The average molecular weight is 699 g/mol. The Labute approximate surface area is 300 Å². The van der Waals surface area contributed by atoms with Crippen molar-refractivity contribution in [2.24, 2.45) is 5.73 Å². The minimum atomic E-state index is -0.982. The van der Waals surface area contributed by atoms with Crippen LogP contribution in [0, 0.1) is 19.7 Å². The highest BCUT2D eigenvalue weighted by molar-refractivity contribution is 5.82. The molecule has 2 aromatic carbocycles. The van der Waals surface area contributed by atoms with E-state index in [-0.39, 0.29) is 5.60 Å². The highest BCUT2D eigenvalue weighted by atomic mass is 19.1. The van der Waals surface area contributed by atoms with Gasteiger partial charge in [-0.3, -0.25) is 10.1 Å². The van der Waals surface area contributed by atoms with Crippen molar-refractivity contribution in [3.05, 3.63) is 96.5 Å². The second-order valence-corrected chi connectivity index (χ2v) is 14.5. The van der Waals surface area contributed by atoms with Gasteiger partial charge in [-0.25, -0.2) is 14.2 Å². The molecule has 272 valence electrons. The van der Waals surface area contributed by atoms with Crippen LogP contribution in [0.1, 0.15) is 69.8 Å². The summed E-state index contributed by atoms with van der Waals surface area (Å²) in [7, 11) is 1.38. The van der Waals surface area contributed by atoms with Crippen LogP contribution in [-0.2, 0) is 19.0 Å². The number of hydrogen-bond acceptors (Lipinski definition) is 8. The Morgan fingerprint density at radius 1 is 1.10 bits per heavy atom. The lowest BCUT2D eigenvalue weighted by Crippen LogP contribution is -2.45. The van der Waals surface area contributed by atoms with Crippen molar-refractivity contribution in [3.8, 4) is 28.1 Å². The van der Waals surface area contributed by atoms with Gasteiger partial charge in [-0.05, 0) is 95.3 Å². The summed E-state index contributed by atoms with van der Waals surface area (Å²) < 4.78 is 41.6. The van der Waals surface area contributed by atoms with Crippen molar-refractivity contribution in [2.75, 3.05) is 31.7 Å². The van der Waals surface area contributed by atoms with E-state index in [1.807, 2.05) is 75.5 Å². The molecular formula is C41H51FN4O5. The number of aromatic nitrogens is 2. The summed E-state index contributed by atoms with van der Waals surface area (Å²) in [5, 5.41) is 0. The van der Waals surface area contributed by atoms with Gasteiger partial charge in [0.25, 0.3) is 0 Å². The zero-order chi connectivity index (χ0) is 37.1. The summed E-state index contributed by atoms with van der Waals surface area (Å²) in [4.78, 5) is 20.8. The van der Waals surface area contributed by atoms with Crippen molar-refractivity contribution in [1.82, 2.24) is 9.38 Å². The minimum absolute atomic E-state index is 0.304. The molecule has 4 aromatic rings. The first-order chi connectivity index (χ1) is 24.2. The third-order valence-electron chi connectivity index (χ3n) is 9.11. The molecule has 0 radical (unpaired) electrons. The smallest absolute Gasteiger partial charge is 0.339 e. The Hall–Kier alpha value is -4.51. The largest absolute Gasteiger partial charge is 0.474 e. The molecular weight excluding hydrogens is 647 g/mol. The number of nitrogens with zero attached hydrogens (tertiary/aromatic N) is 3. The Morgan fingerprint density at radius 2 is 1.80 bits per heavy atom. The molecule has 2 aromatic heterocycles. The van der Waals surface area contributed by atoms with Crippen LogP contribution in [0.25, 0.3) is 28.0 Å². The molecule has 1 aliphatic rings. The summed E-state index contributed by atoms with van der Waals surface area (Å²) in [6.45, 7) is 21.0. The molecule has 1 saturated heterocycles. The molecule has 0 spiro atoms. The Kier molecular flexibility index (Phi) is 11.4. The van der Waals surface area contributed by atoms with Gasteiger partial charge >= 0.3 is 5.97 Å². The van der Waals surface area contributed by atoms with Gasteiger partial charge in [0.05, 0.1) is 36.2 Å². The molecule has 5 rings (SSSR count). The van der Waals surface area contributed by atoms with Gasteiger partial charge in [0.15, 0.2) is 12.3 Å². The van der Waals surface area contributed by atoms with Crippen LogP contribution in [0.5, 0.6) is 5.75 Å². The van der Waals surface area contributed by atoms with Gasteiger partial charge < -0.3 is 23.8 Å². The first-order valence-corrected chi connectivity index (χ1v) is 17.4. The monoisotopic (exact) mass is 698 g/mol. The van der Waals surface area contributed by atoms with Crippen LogP contribution < -0.4 is 15.4 Å². The van der Waals surface area contributed by atoms with Crippen LogP contribution in [-0.4, -0.2) is 59.6 Å². The fourth-order valence-corrected chi connectivity index (χ4v) is 6.60. The van der Waals surface area contributed by atoms with Crippen LogP contribution >= 0.6 is 0 Å². The number of carbonyl (C=O) groups excluding carboxylic acids is 1. The number of rotatable bonds is 13. The lowest BCUT2D eigenvalue weighted by Gasteiger charge is -2.41. The number of imidazole rings is 1. The number of fused-ring (bicyclic) bond motifs is 1. The molecule has 51 heavy (non-hydrogen) atoms. The van der Waals surface area contributed by atoms with E-state index in [1.54, 1.807) is 18.2 Å². The van der Waals surface area contributed by atoms with Crippen LogP contribution in [0.2, 0.25) is 0 Å². The molecule has 3 heterocycles. The summed E-state index contributed by atoms with van der Waals surface area (Å²) in [6, 6.07) is 12.8. The number of methoxy groups -OCH3 is 1.